The van der Waals surface area contributed by atoms with Gasteiger partial charge in [0.15, 0.2) is 5.13 Å². The molecule has 27 heavy (non-hydrogen) atoms. The molecule has 136 valence electrons. The third kappa shape index (κ3) is 3.51. The predicted octanol–water partition coefficient (Wildman–Crippen LogP) is 5.72. The van der Waals surface area contributed by atoms with Gasteiger partial charge in [0.05, 0.1) is 6.04 Å². The predicted molar refractivity (Wildman–Crippen MR) is 112 cm³/mol. The first-order valence-corrected chi connectivity index (χ1v) is 9.84. The van der Waals surface area contributed by atoms with Crippen LogP contribution in [0.25, 0.3) is 10.9 Å². The van der Waals surface area contributed by atoms with Crippen LogP contribution >= 0.6 is 11.3 Å². The minimum absolute atomic E-state index is 0.204. The van der Waals surface area contributed by atoms with Gasteiger partial charge in [0.2, 0.25) is 0 Å². The average molecular weight is 375 g/mol. The molecule has 2 heterocycles. The van der Waals surface area contributed by atoms with Crippen molar-refractivity contribution in [2.45, 2.75) is 25.8 Å². The van der Waals surface area contributed by atoms with Crippen molar-refractivity contribution in [2.75, 3.05) is 5.32 Å². The van der Waals surface area contributed by atoms with Gasteiger partial charge in [-0.25, -0.2) is 4.98 Å². The van der Waals surface area contributed by atoms with Crippen LogP contribution in [-0.2, 0) is 0 Å². The summed E-state index contributed by atoms with van der Waals surface area (Å²) in [6.07, 6.45) is 3.47. The second kappa shape index (κ2) is 7.37. The molecular weight excluding hydrogens is 354 g/mol. The van der Waals surface area contributed by atoms with E-state index in [0.29, 0.717) is 11.4 Å². The van der Waals surface area contributed by atoms with Crippen LogP contribution < -0.4 is 5.32 Å². The van der Waals surface area contributed by atoms with Gasteiger partial charge in [-0.1, -0.05) is 56.3 Å². The normalized spacial score (nSPS) is 12.4. The summed E-state index contributed by atoms with van der Waals surface area (Å²) in [6.45, 7) is 4.36. The summed E-state index contributed by atoms with van der Waals surface area (Å²) in [7, 11) is 0. The number of phenolic OH excluding ortho intramolecular Hbond substituents is 1. The molecule has 4 nitrogen and oxygen atoms in total. The Kier molecular flexibility index (Phi) is 4.77. The number of rotatable bonds is 5. The van der Waals surface area contributed by atoms with E-state index in [-0.39, 0.29) is 11.8 Å². The molecule has 0 spiro atoms. The molecule has 0 unspecified atom stereocenters. The topological polar surface area (TPSA) is 58.0 Å². The Morgan fingerprint density at radius 3 is 2.41 bits per heavy atom. The highest BCUT2D eigenvalue weighted by Crippen LogP contribution is 2.37. The zero-order valence-corrected chi connectivity index (χ0v) is 16.1. The summed E-state index contributed by atoms with van der Waals surface area (Å²) in [5.74, 6) is 0.679. The van der Waals surface area contributed by atoms with Crippen molar-refractivity contribution < 1.29 is 5.11 Å². The second-order valence-electron chi connectivity index (χ2n) is 6.81. The van der Waals surface area contributed by atoms with E-state index >= 15 is 0 Å². The monoisotopic (exact) mass is 375 g/mol. The second-order valence-corrected chi connectivity index (χ2v) is 7.71. The van der Waals surface area contributed by atoms with E-state index in [1.165, 1.54) is 16.9 Å². The maximum atomic E-state index is 10.9. The van der Waals surface area contributed by atoms with E-state index in [4.69, 9.17) is 0 Å². The molecule has 1 atom stereocenters. The Bertz CT molecular complexity index is 1040. The maximum Gasteiger partial charge on any atom is 0.183 e. The zero-order valence-electron chi connectivity index (χ0n) is 15.3. The van der Waals surface area contributed by atoms with Gasteiger partial charge >= 0.3 is 0 Å². The summed E-state index contributed by atoms with van der Waals surface area (Å²) in [6, 6.07) is 16.1. The highest BCUT2D eigenvalue weighted by molar-refractivity contribution is 7.13. The Balaban J connectivity index is 1.81. The number of nitrogens with one attached hydrogen (secondary N) is 1. The minimum atomic E-state index is -0.219. The Morgan fingerprint density at radius 1 is 0.926 bits per heavy atom. The number of anilines is 1. The lowest BCUT2D eigenvalue weighted by atomic mass is 9.94. The molecular formula is C22H21N3OS. The Morgan fingerprint density at radius 2 is 1.70 bits per heavy atom. The number of hydrogen-bond acceptors (Lipinski definition) is 5. The van der Waals surface area contributed by atoms with Crippen molar-refractivity contribution in [3.63, 3.8) is 0 Å². The number of pyridine rings is 1. The van der Waals surface area contributed by atoms with Crippen LogP contribution in [0.15, 0.2) is 66.3 Å². The highest BCUT2D eigenvalue weighted by Gasteiger charge is 2.21. The number of thiazole rings is 1. The van der Waals surface area contributed by atoms with E-state index in [9.17, 15) is 5.11 Å². The molecule has 0 amide bonds. The van der Waals surface area contributed by atoms with Gasteiger partial charge in [-0.15, -0.1) is 11.3 Å². The Labute approximate surface area is 162 Å². The van der Waals surface area contributed by atoms with Crippen LogP contribution in [0.3, 0.4) is 0 Å². The molecule has 4 aromatic rings. The van der Waals surface area contributed by atoms with Gasteiger partial charge < -0.3 is 10.4 Å². The highest BCUT2D eigenvalue weighted by atomic mass is 32.1. The first-order valence-electron chi connectivity index (χ1n) is 8.96. The molecule has 0 radical (unpaired) electrons. The van der Waals surface area contributed by atoms with Crippen LogP contribution in [0, 0.1) is 0 Å². The van der Waals surface area contributed by atoms with Gasteiger partial charge in [-0.2, -0.15) is 0 Å². The zero-order chi connectivity index (χ0) is 18.8. The number of hydrogen-bond donors (Lipinski definition) is 2. The van der Waals surface area contributed by atoms with E-state index < -0.39 is 0 Å². The number of nitrogens with zero attached hydrogens (tertiary/aromatic N) is 2. The number of aromatic nitrogens is 2. The lowest BCUT2D eigenvalue weighted by Crippen LogP contribution is -2.13. The SMILES string of the molecule is CC(C)c1ccc([C@@H](Nc2nccs2)c2ccc3cccnc3c2O)cc1. The molecule has 0 fully saturated rings. The number of phenols is 1. The molecule has 0 saturated carbocycles. The van der Waals surface area contributed by atoms with Crippen LogP contribution in [-0.4, -0.2) is 15.1 Å². The summed E-state index contributed by atoms with van der Waals surface area (Å²) < 4.78 is 0. The van der Waals surface area contributed by atoms with Gasteiger partial charge in [0.25, 0.3) is 0 Å². The molecule has 2 N–H and O–H groups in total. The first kappa shape index (κ1) is 17.5. The fourth-order valence-electron chi connectivity index (χ4n) is 3.21. The van der Waals surface area contributed by atoms with E-state index in [1.807, 2.05) is 29.6 Å². The summed E-state index contributed by atoms with van der Waals surface area (Å²) >= 11 is 1.54. The van der Waals surface area contributed by atoms with Crippen molar-refractivity contribution in [1.29, 1.82) is 0 Å². The van der Waals surface area contributed by atoms with Gasteiger partial charge in [0, 0.05) is 28.7 Å². The molecule has 0 bridgehead atoms. The smallest absolute Gasteiger partial charge is 0.183 e. The maximum absolute atomic E-state index is 10.9. The fraction of sp³-hybridized carbons (Fsp3) is 0.182. The van der Waals surface area contributed by atoms with Gasteiger partial charge in [-0.05, 0) is 23.1 Å². The molecule has 0 saturated heterocycles. The van der Waals surface area contributed by atoms with Crippen molar-refractivity contribution >= 4 is 27.4 Å². The van der Waals surface area contributed by atoms with Gasteiger partial charge in [0.1, 0.15) is 11.3 Å². The van der Waals surface area contributed by atoms with Gasteiger partial charge in [-0.3, -0.25) is 4.98 Å². The van der Waals surface area contributed by atoms with Crippen molar-refractivity contribution in [3.05, 3.63) is 83.0 Å². The van der Waals surface area contributed by atoms with Crippen molar-refractivity contribution in [3.8, 4) is 5.75 Å². The Hall–Kier alpha value is -2.92. The molecule has 0 aliphatic carbocycles. The summed E-state index contributed by atoms with van der Waals surface area (Å²) in [5, 5.41) is 18.1. The standard InChI is InChI=1S/C22H21N3OS/c1-14(2)15-5-7-17(8-6-15)19(25-22-24-12-13-27-22)18-10-9-16-4-3-11-23-20(16)21(18)26/h3-14,19,26H,1-2H3,(H,24,25)/t19-/m1/s1. The first-order chi connectivity index (χ1) is 13.1. The average Bonchev–Trinajstić information content (AvgIpc) is 3.20. The molecule has 4 rings (SSSR count). The van der Waals surface area contributed by atoms with E-state index in [2.05, 4.69) is 53.4 Å². The lowest BCUT2D eigenvalue weighted by molar-refractivity contribution is 0.472. The van der Waals surface area contributed by atoms with Crippen molar-refractivity contribution in [2.24, 2.45) is 0 Å². The van der Waals surface area contributed by atoms with Crippen LogP contribution in [0.2, 0.25) is 0 Å². The number of fused-ring (bicyclic) bond motifs is 1. The van der Waals surface area contributed by atoms with E-state index in [0.717, 1.165) is 21.6 Å². The number of benzene rings is 2. The van der Waals surface area contributed by atoms with E-state index in [1.54, 1.807) is 12.4 Å². The van der Waals surface area contributed by atoms with Crippen LogP contribution in [0.1, 0.15) is 42.5 Å². The third-order valence-corrected chi connectivity index (χ3v) is 5.43. The largest absolute Gasteiger partial charge is 0.505 e. The quantitative estimate of drug-likeness (QED) is 0.468. The summed E-state index contributed by atoms with van der Waals surface area (Å²) in [4.78, 5) is 8.72. The van der Waals surface area contributed by atoms with Crippen molar-refractivity contribution in [1.82, 2.24) is 9.97 Å². The fourth-order valence-corrected chi connectivity index (χ4v) is 3.77. The number of aromatic hydroxyl groups is 1. The molecule has 2 aromatic carbocycles. The molecule has 5 heteroatoms. The van der Waals surface area contributed by atoms with Crippen LogP contribution in [0.4, 0.5) is 5.13 Å². The summed E-state index contributed by atoms with van der Waals surface area (Å²) in [5.41, 5.74) is 3.75. The minimum Gasteiger partial charge on any atom is -0.505 e. The molecule has 0 aliphatic rings. The third-order valence-electron chi connectivity index (χ3n) is 4.73. The molecule has 2 aromatic heterocycles. The lowest BCUT2D eigenvalue weighted by Gasteiger charge is -2.21. The van der Waals surface area contributed by atoms with Crippen LogP contribution in [0.5, 0.6) is 5.75 Å². The molecule has 0 aliphatic heterocycles.